The third-order valence-electron chi connectivity index (χ3n) is 4.55. The summed E-state index contributed by atoms with van der Waals surface area (Å²) in [5.41, 5.74) is 2.25. The summed E-state index contributed by atoms with van der Waals surface area (Å²) in [6.45, 7) is 1.03. The maximum absolute atomic E-state index is 13.2. The molecule has 27 heavy (non-hydrogen) atoms. The molecule has 0 saturated carbocycles. The van der Waals surface area contributed by atoms with Crippen LogP contribution in [0.4, 0.5) is 5.69 Å². The Kier molecular flexibility index (Phi) is 3.54. The van der Waals surface area contributed by atoms with Gasteiger partial charge in [-0.3, -0.25) is 9.36 Å². The molecule has 1 aliphatic rings. The molecule has 7 nitrogen and oxygen atoms in total. The highest BCUT2D eigenvalue weighted by Crippen LogP contribution is 2.36. The first-order valence-electron chi connectivity index (χ1n) is 8.50. The van der Waals surface area contributed by atoms with Gasteiger partial charge in [-0.2, -0.15) is 0 Å². The van der Waals surface area contributed by atoms with E-state index in [0.717, 1.165) is 15.9 Å². The molecule has 3 aromatic heterocycles. The number of ether oxygens (including phenoxy) is 2. The Balaban J connectivity index is 1.74. The van der Waals surface area contributed by atoms with Gasteiger partial charge < -0.3 is 14.4 Å². The summed E-state index contributed by atoms with van der Waals surface area (Å²) >= 11 is 1.37. The quantitative estimate of drug-likeness (QED) is 0.533. The second-order valence-electron chi connectivity index (χ2n) is 6.43. The Morgan fingerprint density at radius 3 is 2.74 bits per heavy atom. The minimum Gasteiger partial charge on any atom is -0.486 e. The lowest BCUT2D eigenvalue weighted by atomic mass is 10.2. The highest BCUT2D eigenvalue weighted by molar-refractivity contribution is 7.25. The van der Waals surface area contributed by atoms with E-state index in [0.29, 0.717) is 40.6 Å². The number of thiophene rings is 1. The fourth-order valence-electron chi connectivity index (χ4n) is 3.28. The van der Waals surface area contributed by atoms with Crippen molar-refractivity contribution in [3.63, 3.8) is 0 Å². The molecule has 0 unspecified atom stereocenters. The van der Waals surface area contributed by atoms with Crippen molar-refractivity contribution < 1.29 is 9.47 Å². The maximum atomic E-state index is 13.2. The Bertz CT molecular complexity index is 1250. The molecule has 0 aliphatic carbocycles. The molecule has 8 heteroatoms. The predicted molar refractivity (Wildman–Crippen MR) is 106 cm³/mol. The van der Waals surface area contributed by atoms with Gasteiger partial charge in [-0.15, -0.1) is 11.3 Å². The molecule has 4 heterocycles. The molecule has 1 aliphatic heterocycles. The molecular weight excluding hydrogens is 364 g/mol. The topological polar surface area (TPSA) is 69.5 Å². The molecule has 0 fully saturated rings. The van der Waals surface area contributed by atoms with E-state index in [1.54, 1.807) is 18.6 Å². The van der Waals surface area contributed by atoms with Crippen molar-refractivity contribution >= 4 is 37.5 Å². The third-order valence-corrected chi connectivity index (χ3v) is 5.62. The van der Waals surface area contributed by atoms with Gasteiger partial charge in [0.2, 0.25) is 0 Å². The van der Waals surface area contributed by atoms with Crippen LogP contribution in [0.5, 0.6) is 11.5 Å². The lowest BCUT2D eigenvalue weighted by molar-refractivity contribution is 0.171. The van der Waals surface area contributed by atoms with Crippen LogP contribution in [0.15, 0.2) is 41.6 Å². The van der Waals surface area contributed by atoms with Crippen molar-refractivity contribution in [3.05, 3.63) is 47.1 Å². The molecule has 0 radical (unpaired) electrons. The Morgan fingerprint density at radius 2 is 1.93 bits per heavy atom. The fourth-order valence-corrected chi connectivity index (χ4v) is 4.32. The molecule has 0 bridgehead atoms. The first-order valence-corrected chi connectivity index (χ1v) is 9.31. The van der Waals surface area contributed by atoms with Crippen molar-refractivity contribution in [3.8, 4) is 17.2 Å². The van der Waals surface area contributed by atoms with Crippen LogP contribution in [0.3, 0.4) is 0 Å². The summed E-state index contributed by atoms with van der Waals surface area (Å²) in [5.74, 6) is 1.33. The fraction of sp³-hybridized carbons (Fsp3) is 0.211. The van der Waals surface area contributed by atoms with Crippen LogP contribution in [-0.2, 0) is 0 Å². The van der Waals surface area contributed by atoms with E-state index < -0.39 is 0 Å². The predicted octanol–water partition coefficient (Wildman–Crippen LogP) is 2.83. The maximum Gasteiger partial charge on any atom is 0.275 e. The van der Waals surface area contributed by atoms with Crippen molar-refractivity contribution in [1.82, 2.24) is 14.5 Å². The van der Waals surface area contributed by atoms with Crippen molar-refractivity contribution in [2.24, 2.45) is 0 Å². The number of benzene rings is 1. The summed E-state index contributed by atoms with van der Waals surface area (Å²) in [5, 5.41) is 0.911. The number of rotatable bonds is 2. The molecule has 0 amide bonds. The Labute approximate surface area is 158 Å². The summed E-state index contributed by atoms with van der Waals surface area (Å²) in [4.78, 5) is 25.0. The average molecular weight is 380 g/mol. The second-order valence-corrected chi connectivity index (χ2v) is 7.43. The Hall–Kier alpha value is -3.13. The zero-order valence-corrected chi connectivity index (χ0v) is 15.6. The minimum absolute atomic E-state index is 0.121. The van der Waals surface area contributed by atoms with E-state index in [4.69, 9.17) is 9.47 Å². The van der Waals surface area contributed by atoms with Crippen molar-refractivity contribution in [1.29, 1.82) is 0 Å². The van der Waals surface area contributed by atoms with Crippen LogP contribution in [-0.4, -0.2) is 41.8 Å². The van der Waals surface area contributed by atoms with Gasteiger partial charge >= 0.3 is 0 Å². The van der Waals surface area contributed by atoms with E-state index in [9.17, 15) is 4.79 Å². The van der Waals surface area contributed by atoms with E-state index >= 15 is 0 Å². The molecular formula is C19H16N4O3S. The molecule has 0 spiro atoms. The number of nitrogens with zero attached hydrogens (tertiary/aromatic N) is 4. The van der Waals surface area contributed by atoms with Crippen LogP contribution in [0.1, 0.15) is 0 Å². The highest BCUT2D eigenvalue weighted by Gasteiger charge is 2.18. The normalized spacial score (nSPS) is 13.3. The second kappa shape index (κ2) is 5.95. The van der Waals surface area contributed by atoms with Crippen molar-refractivity contribution in [2.45, 2.75) is 0 Å². The zero-order valence-electron chi connectivity index (χ0n) is 14.8. The smallest absolute Gasteiger partial charge is 0.275 e. The summed E-state index contributed by atoms with van der Waals surface area (Å²) < 4.78 is 13.3. The average Bonchev–Trinajstić information content (AvgIpc) is 3.07. The summed E-state index contributed by atoms with van der Waals surface area (Å²) in [7, 11) is 3.93. The minimum atomic E-state index is -0.121. The van der Waals surface area contributed by atoms with Gasteiger partial charge in [-0.1, -0.05) is 0 Å². The largest absolute Gasteiger partial charge is 0.486 e. The zero-order chi connectivity index (χ0) is 18.5. The molecule has 0 saturated heterocycles. The van der Waals surface area contributed by atoms with Gasteiger partial charge in [-0.25, -0.2) is 9.97 Å². The number of aromatic nitrogens is 3. The number of pyridine rings is 1. The molecule has 0 N–H and O–H groups in total. The van der Waals surface area contributed by atoms with Crippen LogP contribution in [0.25, 0.3) is 26.1 Å². The van der Waals surface area contributed by atoms with Crippen LogP contribution < -0.4 is 19.9 Å². The van der Waals surface area contributed by atoms with E-state index in [1.165, 1.54) is 15.9 Å². The van der Waals surface area contributed by atoms with Crippen LogP contribution in [0, 0.1) is 0 Å². The molecule has 1 aromatic carbocycles. The summed E-state index contributed by atoms with van der Waals surface area (Å²) in [6, 6.07) is 7.39. The standard InChI is InChI=1S/C19H16N4O3S/c1-22(2)12-5-6-20-18-15(12)16-17(27-18)19(24)23(10-21-16)11-3-4-13-14(9-11)26-8-7-25-13/h3-6,9-10H,7-8H2,1-2H3. The monoisotopic (exact) mass is 380 g/mol. The van der Waals surface area contributed by atoms with Gasteiger partial charge in [0.25, 0.3) is 5.56 Å². The number of hydrogen-bond acceptors (Lipinski definition) is 7. The lowest BCUT2D eigenvalue weighted by Gasteiger charge is -2.19. The van der Waals surface area contributed by atoms with Gasteiger partial charge in [0.1, 0.15) is 29.1 Å². The van der Waals surface area contributed by atoms with E-state index in [1.807, 2.05) is 37.2 Å². The molecule has 4 aromatic rings. The van der Waals surface area contributed by atoms with E-state index in [-0.39, 0.29) is 5.56 Å². The molecule has 136 valence electrons. The summed E-state index contributed by atoms with van der Waals surface area (Å²) in [6.07, 6.45) is 3.32. The first kappa shape index (κ1) is 16.1. The molecule has 0 atom stereocenters. The first-order chi connectivity index (χ1) is 13.1. The number of anilines is 1. The molecule has 5 rings (SSSR count). The highest BCUT2D eigenvalue weighted by atomic mass is 32.1. The Morgan fingerprint density at radius 1 is 1.11 bits per heavy atom. The van der Waals surface area contributed by atoms with Gasteiger partial charge in [0, 0.05) is 26.4 Å². The number of hydrogen-bond donors (Lipinski definition) is 0. The van der Waals surface area contributed by atoms with E-state index in [2.05, 4.69) is 9.97 Å². The van der Waals surface area contributed by atoms with Crippen LogP contribution >= 0.6 is 11.3 Å². The van der Waals surface area contributed by atoms with Crippen LogP contribution in [0.2, 0.25) is 0 Å². The van der Waals surface area contributed by atoms with Gasteiger partial charge in [-0.05, 0) is 18.2 Å². The lowest BCUT2D eigenvalue weighted by Crippen LogP contribution is -2.19. The van der Waals surface area contributed by atoms with Gasteiger partial charge in [0.05, 0.1) is 22.3 Å². The van der Waals surface area contributed by atoms with Crippen molar-refractivity contribution in [2.75, 3.05) is 32.2 Å². The third kappa shape index (κ3) is 2.44. The van der Waals surface area contributed by atoms with Gasteiger partial charge in [0.15, 0.2) is 11.5 Å². The SMILES string of the molecule is CN(C)c1ccnc2sc3c(=O)n(-c4ccc5c(c4)OCCO5)cnc3c12. The number of fused-ring (bicyclic) bond motifs is 4.